The number of amides is 2. The van der Waals surface area contributed by atoms with Crippen LogP contribution in [0, 0.1) is 13.8 Å². The highest BCUT2D eigenvalue weighted by molar-refractivity contribution is 7.90. The van der Waals surface area contributed by atoms with E-state index in [2.05, 4.69) is 15.1 Å². The van der Waals surface area contributed by atoms with Gasteiger partial charge in [-0.05, 0) is 55.4 Å². The minimum absolute atomic E-state index is 0.101. The summed E-state index contributed by atoms with van der Waals surface area (Å²) >= 11 is 0. The fraction of sp³-hybridized carbons (Fsp3) is 0.550. The van der Waals surface area contributed by atoms with Gasteiger partial charge in [0.2, 0.25) is 15.0 Å². The lowest BCUT2D eigenvalue weighted by molar-refractivity contribution is 0.0428. The highest BCUT2D eigenvalue weighted by atomic mass is 32.2. The average Bonchev–Trinajstić information content (AvgIpc) is 2.89. The molecule has 2 amide bonds. The lowest BCUT2D eigenvalue weighted by Gasteiger charge is -2.28. The van der Waals surface area contributed by atoms with Gasteiger partial charge in [-0.25, -0.2) is 23.0 Å². The lowest BCUT2D eigenvalue weighted by atomic mass is 10.1. The van der Waals surface area contributed by atoms with Crippen LogP contribution in [0.5, 0.6) is 0 Å². The molecule has 2 heterocycles. The third-order valence-corrected chi connectivity index (χ3v) is 4.54. The SMILES string of the molecule is Cc1noc(C)c1-c1cc(N(C(=O)OC(C)(C)C)C(=O)OC(C)(C)C)nc(S(C)(=O)=O)n1. The van der Waals surface area contributed by atoms with E-state index in [0.29, 0.717) is 21.9 Å². The number of hydrogen-bond donors (Lipinski definition) is 0. The van der Waals surface area contributed by atoms with E-state index in [4.69, 9.17) is 14.0 Å². The zero-order valence-corrected chi connectivity index (χ0v) is 20.4. The Morgan fingerprint density at radius 2 is 1.47 bits per heavy atom. The largest absolute Gasteiger partial charge is 0.443 e. The van der Waals surface area contributed by atoms with Crippen LogP contribution in [-0.2, 0) is 19.3 Å². The molecule has 32 heavy (non-hydrogen) atoms. The van der Waals surface area contributed by atoms with Crippen molar-refractivity contribution >= 4 is 27.8 Å². The number of sulfone groups is 1. The van der Waals surface area contributed by atoms with Gasteiger partial charge in [0.1, 0.15) is 17.0 Å². The number of ether oxygens (including phenoxy) is 2. The molecule has 176 valence electrons. The van der Waals surface area contributed by atoms with Gasteiger partial charge in [-0.2, -0.15) is 9.88 Å². The zero-order valence-electron chi connectivity index (χ0n) is 19.6. The molecule has 0 saturated carbocycles. The van der Waals surface area contributed by atoms with Crippen molar-refractivity contribution in [2.24, 2.45) is 0 Å². The number of rotatable bonds is 3. The summed E-state index contributed by atoms with van der Waals surface area (Å²) in [6, 6.07) is 1.27. The highest BCUT2D eigenvalue weighted by Gasteiger charge is 2.35. The number of nitrogens with zero attached hydrogens (tertiary/aromatic N) is 4. The second kappa shape index (κ2) is 8.49. The predicted molar refractivity (Wildman–Crippen MR) is 115 cm³/mol. The van der Waals surface area contributed by atoms with Gasteiger partial charge in [0.05, 0.1) is 17.0 Å². The van der Waals surface area contributed by atoms with E-state index in [-0.39, 0.29) is 11.5 Å². The summed E-state index contributed by atoms with van der Waals surface area (Å²) in [5, 5.41) is 3.25. The molecule has 0 saturated heterocycles. The van der Waals surface area contributed by atoms with Gasteiger partial charge in [-0.3, -0.25) is 0 Å². The van der Waals surface area contributed by atoms with Crippen LogP contribution in [0.25, 0.3) is 11.3 Å². The maximum absolute atomic E-state index is 12.9. The van der Waals surface area contributed by atoms with Crippen LogP contribution in [0.1, 0.15) is 53.0 Å². The standard InChI is InChI=1S/C20H28N4O7S/c1-11-15(12(2)31-23-11)13-10-14(22-16(21-13)32(9,27)28)24(17(25)29-19(3,4)5)18(26)30-20(6,7)8/h10H,1-9H3. The van der Waals surface area contributed by atoms with Crippen molar-refractivity contribution in [3.05, 3.63) is 17.5 Å². The van der Waals surface area contributed by atoms with Crippen LogP contribution in [-0.4, -0.2) is 53.2 Å². The van der Waals surface area contributed by atoms with E-state index < -0.39 is 38.4 Å². The molecule has 0 spiro atoms. The minimum atomic E-state index is -3.92. The summed E-state index contributed by atoms with van der Waals surface area (Å²) in [6.45, 7) is 13.0. The molecule has 0 fully saturated rings. The van der Waals surface area contributed by atoms with Crippen molar-refractivity contribution in [1.29, 1.82) is 0 Å². The molecule has 0 aromatic carbocycles. The predicted octanol–water partition coefficient (Wildman–Crippen LogP) is 3.83. The van der Waals surface area contributed by atoms with Crippen LogP contribution in [0.2, 0.25) is 0 Å². The van der Waals surface area contributed by atoms with Gasteiger partial charge >= 0.3 is 12.2 Å². The molecule has 0 radical (unpaired) electrons. The number of hydrogen-bond acceptors (Lipinski definition) is 10. The van der Waals surface area contributed by atoms with E-state index >= 15 is 0 Å². The van der Waals surface area contributed by atoms with Crippen LogP contribution in [0.3, 0.4) is 0 Å². The normalized spacial score (nSPS) is 12.4. The molecule has 0 atom stereocenters. The van der Waals surface area contributed by atoms with Crippen molar-refractivity contribution in [2.75, 3.05) is 11.2 Å². The van der Waals surface area contributed by atoms with E-state index in [0.717, 1.165) is 6.26 Å². The van der Waals surface area contributed by atoms with Gasteiger partial charge in [0, 0.05) is 12.3 Å². The van der Waals surface area contributed by atoms with Crippen LogP contribution < -0.4 is 4.90 Å². The second-order valence-electron chi connectivity index (χ2n) is 9.16. The van der Waals surface area contributed by atoms with E-state index in [1.54, 1.807) is 55.4 Å². The Morgan fingerprint density at radius 3 is 1.84 bits per heavy atom. The molecule has 0 bridgehead atoms. The summed E-state index contributed by atoms with van der Waals surface area (Å²) in [6.07, 6.45) is -1.27. The maximum atomic E-state index is 12.9. The fourth-order valence-electron chi connectivity index (χ4n) is 2.55. The highest BCUT2D eigenvalue weighted by Crippen LogP contribution is 2.30. The number of anilines is 1. The van der Waals surface area contributed by atoms with E-state index in [9.17, 15) is 18.0 Å². The minimum Gasteiger partial charge on any atom is -0.443 e. The topological polar surface area (TPSA) is 142 Å². The van der Waals surface area contributed by atoms with Gasteiger partial charge < -0.3 is 14.0 Å². The number of carbonyl (C=O) groups excluding carboxylic acids is 2. The first-order valence-electron chi connectivity index (χ1n) is 9.67. The first-order valence-corrected chi connectivity index (χ1v) is 11.6. The number of aryl methyl sites for hydroxylation is 2. The summed E-state index contributed by atoms with van der Waals surface area (Å²) in [4.78, 5) is 34.5. The molecule has 0 unspecified atom stereocenters. The second-order valence-corrected chi connectivity index (χ2v) is 11.1. The Morgan fingerprint density at radius 1 is 0.969 bits per heavy atom. The molecule has 2 aromatic heterocycles. The van der Waals surface area contributed by atoms with Gasteiger partial charge in [0.25, 0.3) is 0 Å². The summed E-state index contributed by atoms with van der Waals surface area (Å²) < 4.78 is 40.4. The van der Waals surface area contributed by atoms with Gasteiger partial charge in [0.15, 0.2) is 5.82 Å². The lowest BCUT2D eigenvalue weighted by Crippen LogP contribution is -2.44. The van der Waals surface area contributed by atoms with Crippen molar-refractivity contribution in [3.8, 4) is 11.3 Å². The third-order valence-electron chi connectivity index (χ3n) is 3.69. The van der Waals surface area contributed by atoms with Crippen molar-refractivity contribution in [1.82, 2.24) is 15.1 Å². The molecule has 0 aliphatic heterocycles. The molecular formula is C20H28N4O7S. The zero-order chi connectivity index (χ0) is 24.6. The molecule has 11 nitrogen and oxygen atoms in total. The van der Waals surface area contributed by atoms with Crippen LogP contribution >= 0.6 is 0 Å². The Balaban J connectivity index is 2.77. The quantitative estimate of drug-likeness (QED) is 0.610. The van der Waals surface area contributed by atoms with Crippen LogP contribution in [0.15, 0.2) is 15.7 Å². The Bertz CT molecular complexity index is 1090. The Labute approximate surface area is 187 Å². The number of imide groups is 1. The third kappa shape index (κ3) is 6.25. The Hall–Kier alpha value is -3.02. The van der Waals surface area contributed by atoms with Crippen LogP contribution in [0.4, 0.5) is 15.4 Å². The number of aromatic nitrogens is 3. The van der Waals surface area contributed by atoms with Crippen molar-refractivity contribution < 1.29 is 32.0 Å². The molecule has 0 N–H and O–H groups in total. The first-order chi connectivity index (χ1) is 14.4. The monoisotopic (exact) mass is 468 g/mol. The first kappa shape index (κ1) is 25.2. The van der Waals surface area contributed by atoms with E-state index in [1.807, 2.05) is 0 Å². The number of carbonyl (C=O) groups is 2. The smallest absolute Gasteiger partial charge is 0.425 e. The van der Waals surface area contributed by atoms with E-state index in [1.165, 1.54) is 6.07 Å². The van der Waals surface area contributed by atoms with Gasteiger partial charge in [-0.1, -0.05) is 5.16 Å². The molecule has 2 rings (SSSR count). The molecule has 0 aliphatic carbocycles. The van der Waals surface area contributed by atoms with Crippen molar-refractivity contribution in [3.63, 3.8) is 0 Å². The Kier molecular flexibility index (Phi) is 6.70. The summed E-state index contributed by atoms with van der Waals surface area (Å²) in [5.41, 5.74) is -0.952. The molecule has 0 aliphatic rings. The molecular weight excluding hydrogens is 440 g/mol. The summed E-state index contributed by atoms with van der Waals surface area (Å²) in [5.74, 6) is 0.0339. The van der Waals surface area contributed by atoms with Gasteiger partial charge in [-0.15, -0.1) is 0 Å². The fourth-order valence-corrected chi connectivity index (χ4v) is 3.07. The molecule has 2 aromatic rings. The molecule has 12 heteroatoms. The van der Waals surface area contributed by atoms with Crippen molar-refractivity contribution in [2.45, 2.75) is 71.7 Å². The maximum Gasteiger partial charge on any atom is 0.425 e. The average molecular weight is 469 g/mol. The summed E-state index contributed by atoms with van der Waals surface area (Å²) in [7, 11) is -3.92.